The smallest absolute Gasteiger partial charge is 0.275 e. The lowest BCUT2D eigenvalue weighted by molar-refractivity contribution is -0.140. The number of halogens is 6. The first-order chi connectivity index (χ1) is 6.75. The molecule has 1 nitrogen and oxygen atoms in total. The van der Waals surface area contributed by atoms with Crippen molar-refractivity contribution in [2.24, 2.45) is 0 Å². The Morgan fingerprint density at radius 2 is 1.67 bits per heavy atom. The lowest BCUT2D eigenvalue weighted by Crippen LogP contribution is -2.11. The molecule has 1 aromatic rings. The van der Waals surface area contributed by atoms with Crippen LogP contribution >= 0.6 is 11.6 Å². The van der Waals surface area contributed by atoms with Crippen molar-refractivity contribution in [2.75, 3.05) is 0 Å². The minimum absolute atomic E-state index is 0.258. The van der Waals surface area contributed by atoms with Gasteiger partial charge in [0.05, 0.1) is 11.1 Å². The fraction of sp³-hybridized carbons (Fsp3) is 0.125. The third-order valence-corrected chi connectivity index (χ3v) is 1.80. The Balaban J connectivity index is 3.41. The van der Waals surface area contributed by atoms with Gasteiger partial charge in [0.1, 0.15) is 0 Å². The van der Waals surface area contributed by atoms with Crippen molar-refractivity contribution in [1.82, 2.24) is 0 Å². The van der Waals surface area contributed by atoms with Crippen LogP contribution in [0.3, 0.4) is 0 Å². The van der Waals surface area contributed by atoms with Crippen molar-refractivity contribution in [1.29, 1.82) is 0 Å². The second-order valence-electron chi connectivity index (χ2n) is 2.56. The third kappa shape index (κ3) is 2.26. The van der Waals surface area contributed by atoms with Gasteiger partial charge in [-0.05, 0) is 23.7 Å². The molecule has 0 amide bonds. The van der Waals surface area contributed by atoms with E-state index in [0.717, 1.165) is 0 Å². The van der Waals surface area contributed by atoms with E-state index in [2.05, 4.69) is 0 Å². The van der Waals surface area contributed by atoms with Gasteiger partial charge in [-0.25, -0.2) is 8.78 Å². The highest BCUT2D eigenvalue weighted by Gasteiger charge is 2.36. The molecule has 82 valence electrons. The van der Waals surface area contributed by atoms with Crippen LogP contribution in [-0.2, 0) is 6.18 Å². The minimum Gasteiger partial charge on any atom is -0.275 e. The Morgan fingerprint density at radius 1 is 1.13 bits per heavy atom. The van der Waals surface area contributed by atoms with Gasteiger partial charge in [0, 0.05) is 0 Å². The number of benzene rings is 1. The largest absolute Gasteiger partial charge is 0.419 e. The van der Waals surface area contributed by atoms with E-state index in [4.69, 9.17) is 11.6 Å². The molecule has 0 unspecified atom stereocenters. The fourth-order valence-electron chi connectivity index (χ4n) is 0.920. The van der Waals surface area contributed by atoms with Crippen molar-refractivity contribution < 1.29 is 26.7 Å². The van der Waals surface area contributed by atoms with Gasteiger partial charge in [-0.1, -0.05) is 0 Å². The molecule has 0 N–H and O–H groups in total. The molecule has 0 fully saturated rings. The predicted octanol–water partition coefficient (Wildman–Crippen LogP) is 3.36. The molecule has 0 radical (unpaired) electrons. The Labute approximate surface area is 85.5 Å². The molecular formula is C8H2ClF5O. The zero-order valence-electron chi connectivity index (χ0n) is 6.83. The van der Waals surface area contributed by atoms with Gasteiger partial charge in [0.2, 0.25) is 0 Å². The van der Waals surface area contributed by atoms with Crippen molar-refractivity contribution >= 4 is 16.8 Å². The molecule has 15 heavy (non-hydrogen) atoms. The number of alkyl halides is 3. The average molecular weight is 245 g/mol. The van der Waals surface area contributed by atoms with Crippen molar-refractivity contribution in [3.8, 4) is 0 Å². The van der Waals surface area contributed by atoms with Gasteiger partial charge in [-0.3, -0.25) is 4.79 Å². The maximum absolute atomic E-state index is 12.9. The van der Waals surface area contributed by atoms with Crippen molar-refractivity contribution in [3.63, 3.8) is 0 Å². The fourth-order valence-corrected chi connectivity index (χ4v) is 1.07. The standard InChI is InChI=1S/C8H2ClF5O/c9-7(15)3-1-2-4(8(12,13)14)6(11)5(3)10/h1-2H. The topological polar surface area (TPSA) is 17.1 Å². The molecule has 0 saturated heterocycles. The summed E-state index contributed by atoms with van der Waals surface area (Å²) >= 11 is 4.82. The molecular weight excluding hydrogens is 243 g/mol. The summed E-state index contributed by atoms with van der Waals surface area (Å²) in [5.41, 5.74) is -2.70. The SMILES string of the molecule is O=C(Cl)c1ccc(C(F)(F)F)c(F)c1F. The van der Waals surface area contributed by atoms with Crippen LogP contribution < -0.4 is 0 Å². The van der Waals surface area contributed by atoms with E-state index in [9.17, 15) is 26.7 Å². The van der Waals surface area contributed by atoms with E-state index in [1.807, 2.05) is 0 Å². The molecule has 1 rings (SSSR count). The normalized spacial score (nSPS) is 11.6. The molecule has 0 aliphatic rings. The number of carbonyl (C=O) groups is 1. The monoisotopic (exact) mass is 244 g/mol. The first-order valence-corrected chi connectivity index (χ1v) is 3.88. The molecule has 0 aromatic heterocycles. The van der Waals surface area contributed by atoms with E-state index < -0.39 is 34.2 Å². The van der Waals surface area contributed by atoms with Crippen LogP contribution in [0.2, 0.25) is 0 Å². The molecule has 1 aromatic carbocycles. The highest BCUT2D eigenvalue weighted by atomic mass is 35.5. The van der Waals surface area contributed by atoms with Crippen molar-refractivity contribution in [3.05, 3.63) is 34.9 Å². The van der Waals surface area contributed by atoms with Crippen LogP contribution in [-0.4, -0.2) is 5.24 Å². The lowest BCUT2D eigenvalue weighted by Gasteiger charge is -2.09. The molecule has 0 spiro atoms. The summed E-state index contributed by atoms with van der Waals surface area (Å²) in [5.74, 6) is -4.03. The van der Waals surface area contributed by atoms with Gasteiger partial charge < -0.3 is 0 Å². The Hall–Kier alpha value is -1.17. The molecule has 7 heteroatoms. The van der Waals surface area contributed by atoms with Gasteiger partial charge in [0.15, 0.2) is 11.6 Å². The zero-order chi connectivity index (χ0) is 11.8. The second kappa shape index (κ2) is 3.77. The molecule has 0 heterocycles. The van der Waals surface area contributed by atoms with Gasteiger partial charge in [-0.2, -0.15) is 13.2 Å². The summed E-state index contributed by atoms with van der Waals surface area (Å²) in [5, 5.41) is -1.36. The van der Waals surface area contributed by atoms with E-state index in [1.54, 1.807) is 0 Å². The molecule has 0 aliphatic heterocycles. The molecule has 0 saturated carbocycles. The van der Waals surface area contributed by atoms with Crippen LogP contribution in [0.5, 0.6) is 0 Å². The summed E-state index contributed by atoms with van der Waals surface area (Å²) in [6.07, 6.45) is -5.02. The average Bonchev–Trinajstić information content (AvgIpc) is 2.06. The summed E-state index contributed by atoms with van der Waals surface area (Å²) in [7, 11) is 0. The second-order valence-corrected chi connectivity index (χ2v) is 2.90. The predicted molar refractivity (Wildman–Crippen MR) is 41.5 cm³/mol. The highest BCUT2D eigenvalue weighted by Crippen LogP contribution is 2.33. The first kappa shape index (κ1) is 11.9. The Bertz CT molecular complexity index is 412. The minimum atomic E-state index is -5.02. The molecule has 0 aliphatic carbocycles. The number of carbonyl (C=O) groups excluding carboxylic acids is 1. The Kier molecular flexibility index (Phi) is 2.99. The number of hydrogen-bond donors (Lipinski definition) is 0. The van der Waals surface area contributed by atoms with Gasteiger partial charge in [0.25, 0.3) is 5.24 Å². The van der Waals surface area contributed by atoms with Crippen LogP contribution in [0, 0.1) is 11.6 Å². The van der Waals surface area contributed by atoms with Crippen molar-refractivity contribution in [2.45, 2.75) is 6.18 Å². The lowest BCUT2D eigenvalue weighted by atomic mass is 10.1. The third-order valence-electron chi connectivity index (χ3n) is 1.60. The number of hydrogen-bond acceptors (Lipinski definition) is 1. The summed E-state index contributed by atoms with van der Waals surface area (Å²) in [6.45, 7) is 0. The molecule has 0 bridgehead atoms. The molecule has 0 atom stereocenters. The van der Waals surface area contributed by atoms with Crippen LogP contribution in [0.4, 0.5) is 22.0 Å². The van der Waals surface area contributed by atoms with E-state index in [-0.39, 0.29) is 6.07 Å². The van der Waals surface area contributed by atoms with E-state index >= 15 is 0 Å². The van der Waals surface area contributed by atoms with Gasteiger partial charge in [-0.15, -0.1) is 0 Å². The number of rotatable bonds is 1. The Morgan fingerprint density at radius 3 is 2.07 bits per heavy atom. The van der Waals surface area contributed by atoms with E-state index in [0.29, 0.717) is 6.07 Å². The van der Waals surface area contributed by atoms with Crippen LogP contribution in [0.25, 0.3) is 0 Å². The van der Waals surface area contributed by atoms with E-state index in [1.165, 1.54) is 0 Å². The van der Waals surface area contributed by atoms with Crippen LogP contribution in [0.15, 0.2) is 12.1 Å². The summed E-state index contributed by atoms with van der Waals surface area (Å²) < 4.78 is 61.8. The van der Waals surface area contributed by atoms with Crippen LogP contribution in [0.1, 0.15) is 15.9 Å². The zero-order valence-corrected chi connectivity index (χ0v) is 7.59. The first-order valence-electron chi connectivity index (χ1n) is 3.50. The summed E-state index contributed by atoms with van der Waals surface area (Å²) in [4.78, 5) is 10.5. The highest BCUT2D eigenvalue weighted by molar-refractivity contribution is 6.67. The maximum atomic E-state index is 12.9. The quantitative estimate of drug-likeness (QED) is 0.547. The van der Waals surface area contributed by atoms with Gasteiger partial charge >= 0.3 is 6.18 Å². The maximum Gasteiger partial charge on any atom is 0.419 e. The summed E-state index contributed by atoms with van der Waals surface area (Å²) in [6, 6.07) is 0.741.